The first-order valence-electron chi connectivity index (χ1n) is 3.41. The van der Waals surface area contributed by atoms with E-state index in [-0.39, 0.29) is 5.69 Å². The Kier molecular flexibility index (Phi) is 4.31. The van der Waals surface area contributed by atoms with Crippen LogP contribution in [0.2, 0.25) is 0 Å². The van der Waals surface area contributed by atoms with Crippen LogP contribution in [0.3, 0.4) is 0 Å². The first-order chi connectivity index (χ1) is 6.56. The number of nitro benzene ring substituents is 1. The maximum Gasteiger partial charge on any atom is 0.269 e. The molecule has 0 N–H and O–H groups in total. The fraction of sp³-hybridized carbons (Fsp3) is 0.143. The SMILES string of the molecule is O=[N+]([O-])c1ccc(SCl)c(C(Cl)Cl)c1. The van der Waals surface area contributed by atoms with E-state index in [1.807, 2.05) is 0 Å². The van der Waals surface area contributed by atoms with Crippen molar-refractivity contribution in [2.45, 2.75) is 9.73 Å². The van der Waals surface area contributed by atoms with Crippen LogP contribution in [0.4, 0.5) is 5.69 Å². The molecule has 14 heavy (non-hydrogen) atoms. The van der Waals surface area contributed by atoms with Gasteiger partial charge in [-0.25, -0.2) is 0 Å². The van der Waals surface area contributed by atoms with Gasteiger partial charge < -0.3 is 0 Å². The summed E-state index contributed by atoms with van der Waals surface area (Å²) in [6.07, 6.45) is 0. The van der Waals surface area contributed by atoms with Gasteiger partial charge in [0.15, 0.2) is 0 Å². The molecule has 1 aromatic rings. The minimum absolute atomic E-state index is 0.0548. The molecule has 0 unspecified atom stereocenters. The van der Waals surface area contributed by atoms with Crippen LogP contribution < -0.4 is 0 Å². The molecular weight excluding hydrogens is 269 g/mol. The Hall–Kier alpha value is -0.160. The predicted octanol–water partition coefficient (Wildman–Crippen LogP) is 4.32. The van der Waals surface area contributed by atoms with Gasteiger partial charge in [-0.2, -0.15) is 0 Å². The second-order valence-corrected chi connectivity index (χ2v) is 4.51. The summed E-state index contributed by atoms with van der Waals surface area (Å²) in [5.74, 6) is 0. The molecule has 0 heterocycles. The van der Waals surface area contributed by atoms with Gasteiger partial charge in [0.05, 0.1) is 4.92 Å². The molecule has 0 radical (unpaired) electrons. The highest BCUT2D eigenvalue weighted by molar-refractivity contribution is 8.21. The van der Waals surface area contributed by atoms with Gasteiger partial charge >= 0.3 is 0 Å². The molecular formula is C7H4Cl3NO2S. The Morgan fingerprint density at radius 3 is 2.50 bits per heavy atom. The van der Waals surface area contributed by atoms with E-state index in [9.17, 15) is 10.1 Å². The molecule has 0 aromatic heterocycles. The van der Waals surface area contributed by atoms with Crippen molar-refractivity contribution in [1.82, 2.24) is 0 Å². The monoisotopic (exact) mass is 271 g/mol. The third-order valence-corrected chi connectivity index (χ3v) is 3.03. The molecule has 3 nitrogen and oxygen atoms in total. The van der Waals surface area contributed by atoms with Gasteiger partial charge in [-0.1, -0.05) is 0 Å². The first-order valence-corrected chi connectivity index (χ1v) is 5.93. The Balaban J connectivity index is 3.20. The number of nitro groups is 1. The Morgan fingerprint density at radius 2 is 2.07 bits per heavy atom. The summed E-state index contributed by atoms with van der Waals surface area (Å²) in [5.41, 5.74) is 0.392. The van der Waals surface area contributed by atoms with Gasteiger partial charge in [-0.15, -0.1) is 23.2 Å². The van der Waals surface area contributed by atoms with Crippen LogP contribution in [0.15, 0.2) is 23.1 Å². The summed E-state index contributed by atoms with van der Waals surface area (Å²) in [5, 5.41) is 10.5. The molecule has 76 valence electrons. The van der Waals surface area contributed by atoms with Crippen molar-refractivity contribution in [2.75, 3.05) is 0 Å². The molecule has 0 aliphatic heterocycles. The molecule has 0 atom stereocenters. The first kappa shape index (κ1) is 11.9. The summed E-state index contributed by atoms with van der Waals surface area (Å²) in [6, 6.07) is 4.18. The average Bonchev–Trinajstić information content (AvgIpc) is 2.16. The van der Waals surface area contributed by atoms with Crippen molar-refractivity contribution in [2.24, 2.45) is 0 Å². The number of rotatable bonds is 3. The minimum Gasteiger partial charge on any atom is -0.258 e. The molecule has 7 heteroatoms. The summed E-state index contributed by atoms with van der Waals surface area (Å²) < 4.78 is 0. The van der Waals surface area contributed by atoms with E-state index in [4.69, 9.17) is 33.9 Å². The van der Waals surface area contributed by atoms with Crippen LogP contribution in [0, 0.1) is 10.1 Å². The Labute approximate surface area is 99.0 Å². The van der Waals surface area contributed by atoms with Crippen LogP contribution in [-0.2, 0) is 0 Å². The Bertz CT molecular complexity index is 359. The van der Waals surface area contributed by atoms with Crippen molar-refractivity contribution in [1.29, 1.82) is 0 Å². The highest BCUT2D eigenvalue weighted by Crippen LogP contribution is 2.37. The number of non-ortho nitro benzene ring substituents is 1. The fourth-order valence-electron chi connectivity index (χ4n) is 0.890. The van der Waals surface area contributed by atoms with Crippen molar-refractivity contribution in [3.05, 3.63) is 33.9 Å². The number of alkyl halides is 2. The smallest absolute Gasteiger partial charge is 0.258 e. The summed E-state index contributed by atoms with van der Waals surface area (Å²) >= 11 is 11.3. The zero-order valence-electron chi connectivity index (χ0n) is 6.62. The van der Waals surface area contributed by atoms with Gasteiger partial charge in [-0.05, 0) is 27.7 Å². The summed E-state index contributed by atoms with van der Waals surface area (Å²) in [6.45, 7) is 0. The molecule has 0 spiro atoms. The van der Waals surface area contributed by atoms with Crippen molar-refractivity contribution in [3.8, 4) is 0 Å². The van der Waals surface area contributed by atoms with E-state index in [2.05, 4.69) is 0 Å². The van der Waals surface area contributed by atoms with Crippen LogP contribution in [0.5, 0.6) is 0 Å². The van der Waals surface area contributed by atoms with Gasteiger partial charge in [0, 0.05) is 22.6 Å². The second-order valence-electron chi connectivity index (χ2n) is 2.36. The standard InChI is InChI=1S/C7H4Cl3NO2S/c8-7(9)5-3-4(11(12)13)1-2-6(5)14-10/h1-3,7H. The number of hydrogen-bond acceptors (Lipinski definition) is 3. The minimum atomic E-state index is -0.823. The maximum atomic E-state index is 10.5. The number of halogens is 3. The van der Waals surface area contributed by atoms with Gasteiger partial charge in [0.25, 0.3) is 5.69 Å². The zero-order valence-corrected chi connectivity index (χ0v) is 9.70. The third kappa shape index (κ3) is 2.67. The van der Waals surface area contributed by atoms with E-state index in [1.165, 1.54) is 18.2 Å². The molecule has 0 aliphatic rings. The van der Waals surface area contributed by atoms with Crippen molar-refractivity contribution in [3.63, 3.8) is 0 Å². The molecule has 1 aromatic carbocycles. The highest BCUT2D eigenvalue weighted by Gasteiger charge is 2.15. The van der Waals surface area contributed by atoms with Crippen LogP contribution in [0.1, 0.15) is 10.4 Å². The van der Waals surface area contributed by atoms with Gasteiger partial charge in [0.1, 0.15) is 4.84 Å². The average molecular weight is 273 g/mol. The molecule has 0 bridgehead atoms. The quantitative estimate of drug-likeness (QED) is 0.467. The molecule has 0 aliphatic carbocycles. The maximum absolute atomic E-state index is 10.5. The molecule has 0 amide bonds. The van der Waals surface area contributed by atoms with Crippen LogP contribution in [-0.4, -0.2) is 4.92 Å². The van der Waals surface area contributed by atoms with E-state index in [1.54, 1.807) is 0 Å². The molecule has 0 saturated carbocycles. The summed E-state index contributed by atoms with van der Waals surface area (Å²) in [4.78, 5) is 9.74. The van der Waals surface area contributed by atoms with E-state index >= 15 is 0 Å². The van der Waals surface area contributed by atoms with E-state index in [0.29, 0.717) is 10.5 Å². The lowest BCUT2D eigenvalue weighted by molar-refractivity contribution is -0.385. The predicted molar refractivity (Wildman–Crippen MR) is 59.3 cm³/mol. The zero-order chi connectivity index (χ0) is 10.7. The molecule has 0 fully saturated rings. The number of hydrogen-bond donors (Lipinski definition) is 0. The van der Waals surface area contributed by atoms with E-state index in [0.717, 1.165) is 11.0 Å². The molecule has 1 rings (SSSR count). The van der Waals surface area contributed by atoms with Crippen molar-refractivity contribution >= 4 is 50.5 Å². The van der Waals surface area contributed by atoms with Crippen LogP contribution in [0.25, 0.3) is 0 Å². The number of benzene rings is 1. The largest absolute Gasteiger partial charge is 0.269 e. The third-order valence-electron chi connectivity index (χ3n) is 1.52. The van der Waals surface area contributed by atoms with Crippen LogP contribution >= 0.6 is 44.9 Å². The summed E-state index contributed by atoms with van der Waals surface area (Å²) in [7, 11) is 6.46. The van der Waals surface area contributed by atoms with E-state index < -0.39 is 9.76 Å². The van der Waals surface area contributed by atoms with Crippen molar-refractivity contribution < 1.29 is 4.92 Å². The molecule has 0 saturated heterocycles. The second kappa shape index (κ2) is 5.07. The fourth-order valence-corrected chi connectivity index (χ4v) is 2.19. The number of nitrogens with zero attached hydrogens (tertiary/aromatic N) is 1. The Morgan fingerprint density at radius 1 is 1.43 bits per heavy atom. The van der Waals surface area contributed by atoms with Gasteiger partial charge in [-0.3, -0.25) is 10.1 Å². The van der Waals surface area contributed by atoms with Gasteiger partial charge in [0.2, 0.25) is 0 Å². The lowest BCUT2D eigenvalue weighted by Gasteiger charge is -2.05. The normalized spacial score (nSPS) is 10.6. The topological polar surface area (TPSA) is 43.1 Å². The highest BCUT2D eigenvalue weighted by atomic mass is 35.7. The lowest BCUT2D eigenvalue weighted by atomic mass is 10.2. The lowest BCUT2D eigenvalue weighted by Crippen LogP contribution is -1.91.